The number of sulfonamides is 1. The molecule has 0 aliphatic carbocycles. The Morgan fingerprint density at radius 1 is 1.17 bits per heavy atom. The van der Waals surface area contributed by atoms with Gasteiger partial charge in [0.05, 0.1) is 18.6 Å². The van der Waals surface area contributed by atoms with Crippen molar-refractivity contribution in [2.75, 3.05) is 20.2 Å². The van der Waals surface area contributed by atoms with Gasteiger partial charge in [-0.1, -0.05) is 35.3 Å². The van der Waals surface area contributed by atoms with E-state index in [1.54, 1.807) is 36.4 Å². The molecule has 0 bridgehead atoms. The molecule has 1 fully saturated rings. The van der Waals surface area contributed by atoms with Crippen LogP contribution in [0.25, 0.3) is 11.4 Å². The fourth-order valence-corrected chi connectivity index (χ4v) is 5.71. The summed E-state index contributed by atoms with van der Waals surface area (Å²) in [5, 5.41) is 7.23. The van der Waals surface area contributed by atoms with Crippen LogP contribution >= 0.6 is 11.6 Å². The molecular weight excluding hydrogens is 492 g/mol. The quantitative estimate of drug-likeness (QED) is 0.458. The minimum Gasteiger partial charge on any atom is -0.496 e. The van der Waals surface area contributed by atoms with Gasteiger partial charge in [0.25, 0.3) is 0 Å². The SMILES string of the molecule is COc1ccc(S(=O)(=O)N2CCCCC2)cc1CCC(=O)NCc1nc(-c2cccc(Cl)c2)no1. The van der Waals surface area contributed by atoms with Crippen molar-refractivity contribution in [2.45, 2.75) is 43.5 Å². The topological polar surface area (TPSA) is 115 Å². The molecule has 0 atom stereocenters. The number of ether oxygens (including phenoxy) is 1. The first kappa shape index (κ1) is 25.2. The number of nitrogens with zero attached hydrogens (tertiary/aromatic N) is 3. The predicted molar refractivity (Wildman–Crippen MR) is 131 cm³/mol. The maximum absolute atomic E-state index is 13.0. The molecule has 1 N–H and O–H groups in total. The fourth-order valence-electron chi connectivity index (χ4n) is 3.95. The van der Waals surface area contributed by atoms with E-state index >= 15 is 0 Å². The maximum atomic E-state index is 13.0. The van der Waals surface area contributed by atoms with Gasteiger partial charge >= 0.3 is 0 Å². The van der Waals surface area contributed by atoms with Gasteiger partial charge in [-0.25, -0.2) is 8.42 Å². The average molecular weight is 519 g/mol. The molecule has 3 aromatic rings. The van der Waals surface area contributed by atoms with Crippen LogP contribution in [0.3, 0.4) is 0 Å². The summed E-state index contributed by atoms with van der Waals surface area (Å²) in [6, 6.07) is 11.9. The number of hydrogen-bond acceptors (Lipinski definition) is 7. The monoisotopic (exact) mass is 518 g/mol. The van der Waals surface area contributed by atoms with Gasteiger partial charge in [0.2, 0.25) is 27.6 Å². The molecule has 0 saturated carbocycles. The Hall–Kier alpha value is -2.95. The van der Waals surface area contributed by atoms with Crippen LogP contribution in [0.15, 0.2) is 51.9 Å². The summed E-state index contributed by atoms with van der Waals surface area (Å²) in [7, 11) is -2.06. The van der Waals surface area contributed by atoms with E-state index in [0.717, 1.165) is 19.3 Å². The second-order valence-electron chi connectivity index (χ2n) is 8.24. The Morgan fingerprint density at radius 3 is 2.71 bits per heavy atom. The Kier molecular flexibility index (Phi) is 8.04. The van der Waals surface area contributed by atoms with Crippen molar-refractivity contribution < 1.29 is 22.5 Å². The normalized spacial score (nSPS) is 14.6. The second kappa shape index (κ2) is 11.2. The van der Waals surface area contributed by atoms with E-state index in [1.165, 1.54) is 11.4 Å². The molecule has 0 unspecified atom stereocenters. The number of rotatable bonds is 9. The number of aromatic nitrogens is 2. The van der Waals surface area contributed by atoms with E-state index in [2.05, 4.69) is 15.5 Å². The third kappa shape index (κ3) is 6.19. The van der Waals surface area contributed by atoms with Crippen LogP contribution in [0.2, 0.25) is 5.02 Å². The summed E-state index contributed by atoms with van der Waals surface area (Å²) in [6.45, 7) is 1.13. The zero-order valence-electron chi connectivity index (χ0n) is 19.4. The molecule has 11 heteroatoms. The Morgan fingerprint density at radius 2 is 1.97 bits per heavy atom. The summed E-state index contributed by atoms with van der Waals surface area (Å²) in [5.74, 6) is 0.950. The molecule has 0 radical (unpaired) electrons. The van der Waals surface area contributed by atoms with E-state index in [-0.39, 0.29) is 29.7 Å². The van der Waals surface area contributed by atoms with E-state index < -0.39 is 10.0 Å². The molecule has 4 rings (SSSR count). The molecule has 1 saturated heterocycles. The molecule has 1 amide bonds. The molecule has 2 aromatic carbocycles. The first-order chi connectivity index (χ1) is 16.9. The van der Waals surface area contributed by atoms with Crippen LogP contribution < -0.4 is 10.1 Å². The number of carbonyl (C=O) groups excluding carboxylic acids is 1. The van der Waals surface area contributed by atoms with Crippen LogP contribution in [0.1, 0.15) is 37.1 Å². The lowest BCUT2D eigenvalue weighted by Crippen LogP contribution is -2.35. The van der Waals surface area contributed by atoms with Crippen LogP contribution in [0, 0.1) is 0 Å². The lowest BCUT2D eigenvalue weighted by molar-refractivity contribution is -0.121. The summed E-state index contributed by atoms with van der Waals surface area (Å²) in [4.78, 5) is 17.0. The van der Waals surface area contributed by atoms with Crippen molar-refractivity contribution in [1.82, 2.24) is 19.8 Å². The first-order valence-electron chi connectivity index (χ1n) is 11.4. The number of carbonyl (C=O) groups is 1. The van der Waals surface area contributed by atoms with Crippen molar-refractivity contribution in [3.8, 4) is 17.1 Å². The summed E-state index contributed by atoms with van der Waals surface area (Å²) in [6.07, 6.45) is 3.22. The third-order valence-corrected chi connectivity index (χ3v) is 7.94. The number of nitrogens with one attached hydrogen (secondary N) is 1. The highest BCUT2D eigenvalue weighted by Crippen LogP contribution is 2.27. The molecule has 9 nitrogen and oxygen atoms in total. The summed E-state index contributed by atoms with van der Waals surface area (Å²) in [5.41, 5.74) is 1.37. The highest BCUT2D eigenvalue weighted by Gasteiger charge is 2.26. The third-order valence-electron chi connectivity index (χ3n) is 5.81. The van der Waals surface area contributed by atoms with Gasteiger partial charge in [0.1, 0.15) is 5.75 Å². The smallest absolute Gasteiger partial charge is 0.246 e. The van der Waals surface area contributed by atoms with Gasteiger partial charge < -0.3 is 14.6 Å². The average Bonchev–Trinajstić information content (AvgIpc) is 3.36. The standard InChI is InChI=1S/C24H27ClN4O5S/c1-33-21-10-9-20(35(31,32)29-12-3-2-4-13-29)15-17(21)8-11-22(30)26-16-23-27-24(28-34-23)18-6-5-7-19(25)14-18/h5-7,9-10,14-15H,2-4,8,11-13,16H2,1H3,(H,26,30). The van der Waals surface area contributed by atoms with E-state index in [1.807, 2.05) is 6.07 Å². The van der Waals surface area contributed by atoms with Gasteiger partial charge in [-0.05, 0) is 55.2 Å². The van der Waals surface area contributed by atoms with Gasteiger partial charge in [0.15, 0.2) is 0 Å². The minimum atomic E-state index is -3.58. The minimum absolute atomic E-state index is 0.0763. The molecule has 2 heterocycles. The Labute approximate surface area is 209 Å². The number of hydrogen-bond donors (Lipinski definition) is 1. The molecule has 35 heavy (non-hydrogen) atoms. The van der Waals surface area contributed by atoms with E-state index in [4.69, 9.17) is 20.9 Å². The highest BCUT2D eigenvalue weighted by atomic mass is 35.5. The van der Waals surface area contributed by atoms with Crippen molar-refractivity contribution in [3.63, 3.8) is 0 Å². The van der Waals surface area contributed by atoms with Crippen molar-refractivity contribution >= 4 is 27.5 Å². The summed E-state index contributed by atoms with van der Waals surface area (Å²) >= 11 is 6.00. The van der Waals surface area contributed by atoms with E-state index in [9.17, 15) is 13.2 Å². The van der Waals surface area contributed by atoms with Crippen LogP contribution in [0.4, 0.5) is 0 Å². The van der Waals surface area contributed by atoms with Gasteiger partial charge in [0, 0.05) is 30.1 Å². The van der Waals surface area contributed by atoms with Gasteiger partial charge in [-0.3, -0.25) is 4.79 Å². The Bertz CT molecular complexity index is 1290. The van der Waals surface area contributed by atoms with Gasteiger partial charge in [-0.15, -0.1) is 0 Å². The number of piperidine rings is 1. The Balaban J connectivity index is 1.36. The predicted octanol–water partition coefficient (Wildman–Crippen LogP) is 3.82. The summed E-state index contributed by atoms with van der Waals surface area (Å²) < 4.78 is 38.2. The molecule has 1 aliphatic heterocycles. The molecule has 1 aromatic heterocycles. The lowest BCUT2D eigenvalue weighted by atomic mass is 10.1. The van der Waals surface area contributed by atoms with Crippen LogP contribution in [-0.2, 0) is 27.8 Å². The van der Waals surface area contributed by atoms with E-state index in [0.29, 0.717) is 47.2 Å². The number of halogens is 1. The zero-order chi connectivity index (χ0) is 24.8. The molecule has 1 aliphatic rings. The largest absolute Gasteiger partial charge is 0.496 e. The molecular formula is C24H27ClN4O5S. The molecule has 0 spiro atoms. The highest BCUT2D eigenvalue weighted by molar-refractivity contribution is 7.89. The van der Waals surface area contributed by atoms with Crippen LogP contribution in [0.5, 0.6) is 5.75 Å². The lowest BCUT2D eigenvalue weighted by Gasteiger charge is -2.26. The second-order valence-corrected chi connectivity index (χ2v) is 10.6. The van der Waals surface area contributed by atoms with Crippen molar-refractivity contribution in [2.24, 2.45) is 0 Å². The number of benzene rings is 2. The number of aryl methyl sites for hydroxylation is 1. The van der Waals surface area contributed by atoms with Crippen molar-refractivity contribution in [3.05, 3.63) is 58.9 Å². The van der Waals surface area contributed by atoms with Crippen LogP contribution in [-0.4, -0.2) is 49.0 Å². The van der Waals surface area contributed by atoms with Crippen molar-refractivity contribution in [1.29, 1.82) is 0 Å². The number of amides is 1. The fraction of sp³-hybridized carbons (Fsp3) is 0.375. The number of methoxy groups -OCH3 is 1. The van der Waals surface area contributed by atoms with Gasteiger partial charge in [-0.2, -0.15) is 9.29 Å². The first-order valence-corrected chi connectivity index (χ1v) is 13.2. The maximum Gasteiger partial charge on any atom is 0.246 e. The zero-order valence-corrected chi connectivity index (χ0v) is 20.9. The molecule has 186 valence electrons.